The standard InChI is InChI=1S/C14H15N5O2/c1-8(2)14-16-11(19-21-14)7-15-13(20)12-9-5-3-4-6-10(9)17-18-12/h3-6,8H,7H2,1-2H3,(H,15,20)(H,17,18). The fraction of sp³-hybridized carbons (Fsp3) is 0.286. The summed E-state index contributed by atoms with van der Waals surface area (Å²) in [7, 11) is 0. The van der Waals surface area contributed by atoms with Crippen molar-refractivity contribution in [3.05, 3.63) is 41.7 Å². The zero-order valence-corrected chi connectivity index (χ0v) is 11.8. The normalized spacial score (nSPS) is 11.2. The van der Waals surface area contributed by atoms with Crippen LogP contribution in [0.4, 0.5) is 0 Å². The van der Waals surface area contributed by atoms with Gasteiger partial charge in [0.15, 0.2) is 11.5 Å². The smallest absolute Gasteiger partial charge is 0.272 e. The molecule has 0 aliphatic carbocycles. The van der Waals surface area contributed by atoms with E-state index >= 15 is 0 Å². The first-order valence-electron chi connectivity index (χ1n) is 6.69. The van der Waals surface area contributed by atoms with E-state index in [0.717, 1.165) is 10.9 Å². The number of hydrogen-bond donors (Lipinski definition) is 2. The van der Waals surface area contributed by atoms with E-state index in [-0.39, 0.29) is 18.4 Å². The van der Waals surface area contributed by atoms with Crippen LogP contribution < -0.4 is 5.32 Å². The Labute approximate surface area is 120 Å². The lowest BCUT2D eigenvalue weighted by Gasteiger charge is -1.99. The van der Waals surface area contributed by atoms with Crippen LogP contribution in [0.5, 0.6) is 0 Å². The molecule has 21 heavy (non-hydrogen) atoms. The van der Waals surface area contributed by atoms with Crippen LogP contribution in [0.3, 0.4) is 0 Å². The summed E-state index contributed by atoms with van der Waals surface area (Å²) >= 11 is 0. The molecule has 7 heteroatoms. The summed E-state index contributed by atoms with van der Waals surface area (Å²) in [6.45, 7) is 4.13. The highest BCUT2D eigenvalue weighted by atomic mass is 16.5. The maximum atomic E-state index is 12.2. The number of nitrogens with zero attached hydrogens (tertiary/aromatic N) is 3. The molecule has 0 aliphatic rings. The lowest BCUT2D eigenvalue weighted by molar-refractivity contribution is 0.0946. The van der Waals surface area contributed by atoms with Gasteiger partial charge in [0.1, 0.15) is 0 Å². The van der Waals surface area contributed by atoms with E-state index in [1.165, 1.54) is 0 Å². The molecule has 3 aromatic rings. The minimum absolute atomic E-state index is 0.164. The average molecular weight is 285 g/mol. The van der Waals surface area contributed by atoms with Gasteiger partial charge in [-0.25, -0.2) is 0 Å². The number of H-pyrrole nitrogens is 1. The summed E-state index contributed by atoms with van der Waals surface area (Å²) < 4.78 is 5.09. The first-order chi connectivity index (χ1) is 10.1. The quantitative estimate of drug-likeness (QED) is 0.764. The average Bonchev–Trinajstić information content (AvgIpc) is 3.11. The third-order valence-corrected chi connectivity index (χ3v) is 3.07. The second-order valence-electron chi connectivity index (χ2n) is 5.00. The number of para-hydroxylation sites is 1. The summed E-state index contributed by atoms with van der Waals surface area (Å²) in [5.74, 6) is 0.900. The predicted octanol–water partition coefficient (Wildman–Crippen LogP) is 2.00. The second kappa shape index (κ2) is 5.35. The van der Waals surface area contributed by atoms with Crippen LogP contribution in [0.15, 0.2) is 28.8 Å². The van der Waals surface area contributed by atoms with Gasteiger partial charge in [-0.1, -0.05) is 37.2 Å². The molecule has 7 nitrogen and oxygen atoms in total. The summed E-state index contributed by atoms with van der Waals surface area (Å²) in [5.41, 5.74) is 1.18. The van der Waals surface area contributed by atoms with Gasteiger partial charge in [-0.3, -0.25) is 9.89 Å². The SMILES string of the molecule is CC(C)c1nc(CNC(=O)c2n[nH]c3ccccc23)no1. The molecular formula is C14H15N5O2. The molecule has 0 saturated carbocycles. The first-order valence-corrected chi connectivity index (χ1v) is 6.69. The highest BCUT2D eigenvalue weighted by Crippen LogP contribution is 2.15. The molecule has 108 valence electrons. The van der Waals surface area contributed by atoms with Crippen LogP contribution in [0.2, 0.25) is 0 Å². The number of nitrogens with one attached hydrogen (secondary N) is 2. The highest BCUT2D eigenvalue weighted by Gasteiger charge is 2.15. The predicted molar refractivity (Wildman–Crippen MR) is 75.7 cm³/mol. The summed E-state index contributed by atoms with van der Waals surface area (Å²) in [5, 5.41) is 14.2. The van der Waals surface area contributed by atoms with Gasteiger partial charge < -0.3 is 9.84 Å². The van der Waals surface area contributed by atoms with Crippen LogP contribution in [-0.4, -0.2) is 26.2 Å². The minimum Gasteiger partial charge on any atom is -0.343 e. The van der Waals surface area contributed by atoms with Gasteiger partial charge >= 0.3 is 0 Å². The maximum Gasteiger partial charge on any atom is 0.272 e. The molecule has 1 aromatic carbocycles. The van der Waals surface area contributed by atoms with Gasteiger partial charge in [0.05, 0.1) is 12.1 Å². The molecule has 2 heterocycles. The van der Waals surface area contributed by atoms with Crippen LogP contribution in [0, 0.1) is 0 Å². The van der Waals surface area contributed by atoms with Gasteiger partial charge in [0.2, 0.25) is 5.89 Å². The zero-order valence-electron chi connectivity index (χ0n) is 11.8. The molecule has 3 rings (SSSR count). The van der Waals surface area contributed by atoms with E-state index < -0.39 is 0 Å². The van der Waals surface area contributed by atoms with Crippen molar-refractivity contribution >= 4 is 16.8 Å². The van der Waals surface area contributed by atoms with E-state index in [0.29, 0.717) is 17.4 Å². The monoisotopic (exact) mass is 285 g/mol. The van der Waals surface area contributed by atoms with Crippen molar-refractivity contribution in [1.82, 2.24) is 25.7 Å². The van der Waals surface area contributed by atoms with Crippen molar-refractivity contribution in [2.24, 2.45) is 0 Å². The number of carbonyl (C=O) groups is 1. The van der Waals surface area contributed by atoms with Crippen LogP contribution >= 0.6 is 0 Å². The Bertz CT molecular complexity index is 774. The van der Waals surface area contributed by atoms with Crippen molar-refractivity contribution in [3.63, 3.8) is 0 Å². The third kappa shape index (κ3) is 2.62. The summed E-state index contributed by atoms with van der Waals surface area (Å²) in [6.07, 6.45) is 0. The van der Waals surface area contributed by atoms with Crippen LogP contribution in [-0.2, 0) is 6.54 Å². The zero-order chi connectivity index (χ0) is 14.8. The Balaban J connectivity index is 1.71. The molecule has 0 spiro atoms. The molecule has 2 aromatic heterocycles. The fourth-order valence-corrected chi connectivity index (χ4v) is 1.95. The Hall–Kier alpha value is -2.70. The summed E-state index contributed by atoms with van der Waals surface area (Å²) in [4.78, 5) is 16.4. The first kappa shape index (κ1) is 13.3. The third-order valence-electron chi connectivity index (χ3n) is 3.07. The van der Waals surface area contributed by atoms with E-state index in [1.807, 2.05) is 38.1 Å². The van der Waals surface area contributed by atoms with Crippen molar-refractivity contribution < 1.29 is 9.32 Å². The Kier molecular flexibility index (Phi) is 3.39. The van der Waals surface area contributed by atoms with Crippen LogP contribution in [0.25, 0.3) is 10.9 Å². The van der Waals surface area contributed by atoms with Crippen molar-refractivity contribution in [3.8, 4) is 0 Å². The van der Waals surface area contributed by atoms with Gasteiger partial charge in [0, 0.05) is 11.3 Å². The van der Waals surface area contributed by atoms with Gasteiger partial charge in [-0.15, -0.1) is 0 Å². The Morgan fingerprint density at radius 1 is 1.38 bits per heavy atom. The molecule has 0 unspecified atom stereocenters. The molecule has 0 fully saturated rings. The van der Waals surface area contributed by atoms with Gasteiger partial charge in [0.25, 0.3) is 5.91 Å². The minimum atomic E-state index is -0.275. The largest absolute Gasteiger partial charge is 0.343 e. The van der Waals surface area contributed by atoms with Crippen molar-refractivity contribution in [1.29, 1.82) is 0 Å². The van der Waals surface area contributed by atoms with Gasteiger partial charge in [-0.05, 0) is 6.07 Å². The van der Waals surface area contributed by atoms with Crippen LogP contribution in [0.1, 0.15) is 42.0 Å². The van der Waals surface area contributed by atoms with E-state index in [1.54, 1.807) is 0 Å². The number of aromatic amines is 1. The van der Waals surface area contributed by atoms with E-state index in [9.17, 15) is 4.79 Å². The molecule has 0 radical (unpaired) electrons. The van der Waals surface area contributed by atoms with E-state index in [2.05, 4.69) is 25.7 Å². The molecule has 1 amide bonds. The van der Waals surface area contributed by atoms with Crippen molar-refractivity contribution in [2.75, 3.05) is 0 Å². The molecule has 0 atom stereocenters. The number of fused-ring (bicyclic) bond motifs is 1. The number of benzene rings is 1. The lowest BCUT2D eigenvalue weighted by Crippen LogP contribution is -2.24. The highest BCUT2D eigenvalue weighted by molar-refractivity contribution is 6.04. The second-order valence-corrected chi connectivity index (χ2v) is 5.00. The number of carbonyl (C=O) groups excluding carboxylic acids is 1. The van der Waals surface area contributed by atoms with E-state index in [4.69, 9.17) is 4.52 Å². The van der Waals surface area contributed by atoms with Crippen molar-refractivity contribution in [2.45, 2.75) is 26.3 Å². The summed E-state index contributed by atoms with van der Waals surface area (Å²) in [6, 6.07) is 7.46. The molecule has 0 aliphatic heterocycles. The lowest BCUT2D eigenvalue weighted by atomic mass is 10.2. The Morgan fingerprint density at radius 3 is 2.95 bits per heavy atom. The molecular weight excluding hydrogens is 270 g/mol. The molecule has 0 saturated heterocycles. The maximum absolute atomic E-state index is 12.2. The van der Waals surface area contributed by atoms with Gasteiger partial charge in [-0.2, -0.15) is 10.1 Å². The number of aromatic nitrogens is 4. The topological polar surface area (TPSA) is 96.7 Å². The molecule has 0 bridgehead atoms. The number of rotatable bonds is 4. The number of amides is 1. The molecule has 2 N–H and O–H groups in total. The fourth-order valence-electron chi connectivity index (χ4n) is 1.95. The Morgan fingerprint density at radius 2 is 2.19 bits per heavy atom. The number of hydrogen-bond acceptors (Lipinski definition) is 5.